The summed E-state index contributed by atoms with van der Waals surface area (Å²) in [6.45, 7) is 3.20. The minimum Gasteiger partial charge on any atom is -0.394 e. The van der Waals surface area contributed by atoms with Crippen molar-refractivity contribution in [2.24, 2.45) is 0 Å². The van der Waals surface area contributed by atoms with E-state index < -0.39 is 80.3 Å². The van der Waals surface area contributed by atoms with Crippen LogP contribution in [-0.4, -0.2) is 121 Å². The van der Waals surface area contributed by atoms with Crippen molar-refractivity contribution in [3.63, 3.8) is 0 Å². The van der Waals surface area contributed by atoms with Crippen molar-refractivity contribution in [3.05, 3.63) is 12.2 Å². The third-order valence-corrected chi connectivity index (χ3v) is 9.87. The van der Waals surface area contributed by atoms with Crippen molar-refractivity contribution in [1.82, 2.24) is 5.32 Å². The summed E-state index contributed by atoms with van der Waals surface area (Å²) in [6, 6.07) is -1.29. The van der Waals surface area contributed by atoms with Gasteiger partial charge in [0.1, 0.15) is 36.6 Å². The zero-order valence-electron chi connectivity index (χ0n) is 31.7. The van der Waals surface area contributed by atoms with E-state index in [0.29, 0.717) is 12.8 Å². The zero-order valence-corrected chi connectivity index (χ0v) is 31.7. The van der Waals surface area contributed by atoms with Crippen LogP contribution in [0.3, 0.4) is 0 Å². The average molecular weight is 734 g/mol. The molecule has 51 heavy (non-hydrogen) atoms. The second-order valence-electron chi connectivity index (χ2n) is 14.5. The molecule has 302 valence electrons. The van der Waals surface area contributed by atoms with Crippen LogP contribution >= 0.6 is 0 Å². The molecule has 1 saturated heterocycles. The number of rotatable bonds is 32. The van der Waals surface area contributed by atoms with E-state index in [1.165, 1.54) is 57.8 Å². The number of aliphatic hydroxyl groups excluding tert-OH is 8. The lowest BCUT2D eigenvalue weighted by Crippen LogP contribution is -2.60. The van der Waals surface area contributed by atoms with Crippen LogP contribution < -0.4 is 5.32 Å². The first-order valence-corrected chi connectivity index (χ1v) is 20.2. The summed E-state index contributed by atoms with van der Waals surface area (Å²) in [5.74, 6) is -0.768. The van der Waals surface area contributed by atoms with Crippen LogP contribution in [0.25, 0.3) is 0 Å². The number of amides is 1. The quantitative estimate of drug-likeness (QED) is 0.0358. The molecular weight excluding hydrogens is 658 g/mol. The molecule has 1 aliphatic heterocycles. The normalized spacial score (nSPS) is 24.0. The Morgan fingerprint density at radius 3 is 1.80 bits per heavy atom. The highest BCUT2D eigenvalue weighted by Gasteiger charge is 2.44. The first-order chi connectivity index (χ1) is 24.6. The molecule has 12 nitrogen and oxygen atoms in total. The van der Waals surface area contributed by atoms with Crippen LogP contribution in [0.15, 0.2) is 12.2 Å². The van der Waals surface area contributed by atoms with Crippen LogP contribution in [0.1, 0.15) is 155 Å². The van der Waals surface area contributed by atoms with Gasteiger partial charge in [0.05, 0.1) is 31.5 Å². The molecule has 0 bridgehead atoms. The fraction of sp³-hybridized carbons (Fsp3) is 0.923. The van der Waals surface area contributed by atoms with Gasteiger partial charge in [-0.15, -0.1) is 0 Å². The van der Waals surface area contributed by atoms with Crippen molar-refractivity contribution in [3.8, 4) is 0 Å². The summed E-state index contributed by atoms with van der Waals surface area (Å²) in [7, 11) is 0. The number of carbonyl (C=O) groups excluding carboxylic acids is 1. The van der Waals surface area contributed by atoms with Crippen LogP contribution in [-0.2, 0) is 14.3 Å². The Bertz CT molecular complexity index is 863. The van der Waals surface area contributed by atoms with Crippen LogP contribution in [0.2, 0.25) is 0 Å². The molecule has 1 aliphatic rings. The van der Waals surface area contributed by atoms with Crippen LogP contribution in [0.4, 0.5) is 0 Å². The van der Waals surface area contributed by atoms with Crippen molar-refractivity contribution < 1.29 is 55.1 Å². The van der Waals surface area contributed by atoms with Gasteiger partial charge in [0.15, 0.2) is 6.29 Å². The van der Waals surface area contributed by atoms with Gasteiger partial charge in [-0.3, -0.25) is 4.79 Å². The van der Waals surface area contributed by atoms with E-state index in [9.17, 15) is 45.6 Å². The predicted molar refractivity (Wildman–Crippen MR) is 198 cm³/mol. The molecule has 1 fully saturated rings. The predicted octanol–water partition coefficient (Wildman–Crippen LogP) is 3.91. The number of hydrogen-bond acceptors (Lipinski definition) is 11. The van der Waals surface area contributed by atoms with Crippen molar-refractivity contribution in [2.75, 3.05) is 13.2 Å². The van der Waals surface area contributed by atoms with Gasteiger partial charge in [0, 0.05) is 6.42 Å². The topological polar surface area (TPSA) is 209 Å². The SMILES string of the molecule is CCCCC=CCCCCC(O)CC(O)C(O)C(COC1OC(CO)C(O)C(O)C1O)NC(=O)C(O)CCCCCCCCCCCCCCC. The third-order valence-electron chi connectivity index (χ3n) is 9.87. The molecule has 10 atom stereocenters. The first kappa shape index (κ1) is 47.8. The van der Waals surface area contributed by atoms with Crippen molar-refractivity contribution in [2.45, 2.75) is 216 Å². The second kappa shape index (κ2) is 30.2. The van der Waals surface area contributed by atoms with Gasteiger partial charge in [0.2, 0.25) is 5.91 Å². The summed E-state index contributed by atoms with van der Waals surface area (Å²) in [5, 5.41) is 85.7. The highest BCUT2D eigenvalue weighted by molar-refractivity contribution is 5.80. The Hall–Kier alpha value is -1.19. The van der Waals surface area contributed by atoms with Crippen molar-refractivity contribution >= 4 is 5.91 Å². The number of nitrogens with one attached hydrogen (secondary N) is 1. The molecule has 0 saturated carbocycles. The molecule has 1 heterocycles. The van der Waals surface area contributed by atoms with E-state index >= 15 is 0 Å². The number of carbonyl (C=O) groups is 1. The molecule has 0 aliphatic carbocycles. The number of hydrogen-bond donors (Lipinski definition) is 9. The minimum atomic E-state index is -1.70. The summed E-state index contributed by atoms with van der Waals surface area (Å²) in [6.07, 6.45) is 12.7. The summed E-state index contributed by atoms with van der Waals surface area (Å²) >= 11 is 0. The van der Waals surface area contributed by atoms with E-state index in [4.69, 9.17) is 9.47 Å². The molecule has 1 rings (SSSR count). The van der Waals surface area contributed by atoms with Gasteiger partial charge in [-0.1, -0.05) is 129 Å². The van der Waals surface area contributed by atoms with Crippen LogP contribution in [0.5, 0.6) is 0 Å². The van der Waals surface area contributed by atoms with E-state index in [0.717, 1.165) is 57.8 Å². The highest BCUT2D eigenvalue weighted by Crippen LogP contribution is 2.23. The molecular formula is C39H75NO11. The maximum Gasteiger partial charge on any atom is 0.249 e. The Balaban J connectivity index is 2.61. The van der Waals surface area contributed by atoms with E-state index in [1.807, 2.05) is 0 Å². The molecule has 1 amide bonds. The van der Waals surface area contributed by atoms with E-state index in [2.05, 4.69) is 31.3 Å². The Morgan fingerprint density at radius 1 is 0.706 bits per heavy atom. The largest absolute Gasteiger partial charge is 0.394 e. The van der Waals surface area contributed by atoms with E-state index in [-0.39, 0.29) is 12.8 Å². The lowest BCUT2D eigenvalue weighted by Gasteiger charge is -2.40. The molecule has 0 radical (unpaired) electrons. The molecule has 12 heteroatoms. The fourth-order valence-electron chi connectivity index (χ4n) is 6.40. The van der Waals surface area contributed by atoms with Gasteiger partial charge < -0.3 is 55.6 Å². The number of ether oxygens (including phenoxy) is 2. The second-order valence-corrected chi connectivity index (χ2v) is 14.5. The van der Waals surface area contributed by atoms with Gasteiger partial charge in [-0.25, -0.2) is 0 Å². The fourth-order valence-corrected chi connectivity index (χ4v) is 6.40. The molecule has 0 aromatic rings. The first-order valence-electron chi connectivity index (χ1n) is 20.2. The van der Waals surface area contributed by atoms with Crippen molar-refractivity contribution in [1.29, 1.82) is 0 Å². The Kier molecular flexibility index (Phi) is 28.3. The zero-order chi connectivity index (χ0) is 37.9. The lowest BCUT2D eigenvalue weighted by atomic mass is 9.97. The third kappa shape index (κ3) is 21.3. The molecule has 0 aromatic heterocycles. The summed E-state index contributed by atoms with van der Waals surface area (Å²) < 4.78 is 11.0. The monoisotopic (exact) mass is 734 g/mol. The molecule has 0 aromatic carbocycles. The summed E-state index contributed by atoms with van der Waals surface area (Å²) in [4.78, 5) is 13.0. The smallest absolute Gasteiger partial charge is 0.249 e. The minimum absolute atomic E-state index is 0.165. The van der Waals surface area contributed by atoms with Crippen LogP contribution in [0, 0.1) is 0 Å². The van der Waals surface area contributed by atoms with Gasteiger partial charge in [0.25, 0.3) is 0 Å². The molecule has 10 unspecified atom stereocenters. The maximum absolute atomic E-state index is 13.0. The Morgan fingerprint density at radius 2 is 1.24 bits per heavy atom. The Labute approximate surface area is 307 Å². The highest BCUT2D eigenvalue weighted by atomic mass is 16.7. The summed E-state index contributed by atoms with van der Waals surface area (Å²) in [5.41, 5.74) is 0. The maximum atomic E-state index is 13.0. The average Bonchev–Trinajstić information content (AvgIpc) is 3.12. The van der Waals surface area contributed by atoms with Gasteiger partial charge in [-0.2, -0.15) is 0 Å². The molecule has 0 spiro atoms. The standard InChI is InChI=1S/C39H75NO11/c1-3-5-7-9-11-13-14-15-16-17-19-21-23-25-31(43)38(49)40-30(28-50-39-37(48)36(47)35(46)33(27-41)51-39)34(45)32(44)26-29(42)24-22-20-18-12-10-8-6-4-2/h10,12,29-37,39,41-48H,3-9,11,13-28H2,1-2H3,(H,40,49). The van der Waals surface area contributed by atoms with Gasteiger partial charge >= 0.3 is 0 Å². The van der Waals surface area contributed by atoms with Gasteiger partial charge in [-0.05, 0) is 32.1 Å². The molecule has 9 N–H and O–H groups in total. The van der Waals surface area contributed by atoms with E-state index in [1.54, 1.807) is 0 Å². The number of unbranched alkanes of at least 4 members (excludes halogenated alkanes) is 16. The lowest BCUT2D eigenvalue weighted by molar-refractivity contribution is -0.303. The number of allylic oxidation sites excluding steroid dienone is 2. The number of aliphatic hydroxyl groups is 8.